The van der Waals surface area contributed by atoms with Crippen molar-refractivity contribution in [2.75, 3.05) is 5.32 Å². The molecule has 2 N–H and O–H groups in total. The van der Waals surface area contributed by atoms with Crippen LogP contribution >= 0.6 is 0 Å². The van der Waals surface area contributed by atoms with Gasteiger partial charge in [-0.25, -0.2) is 0 Å². The Labute approximate surface area is 134 Å². The molecule has 0 atom stereocenters. The summed E-state index contributed by atoms with van der Waals surface area (Å²) in [6.45, 7) is 1.96. The lowest BCUT2D eigenvalue weighted by atomic mass is 10.2. The van der Waals surface area contributed by atoms with E-state index in [4.69, 9.17) is 5.26 Å². The first-order valence-corrected chi connectivity index (χ1v) is 6.94. The van der Waals surface area contributed by atoms with Gasteiger partial charge in [-0.3, -0.25) is 14.9 Å². The first-order valence-electron chi connectivity index (χ1n) is 6.94. The molecular formula is C18H15N3O2. The summed E-state index contributed by atoms with van der Waals surface area (Å²) >= 11 is 0. The average molecular weight is 305 g/mol. The predicted molar refractivity (Wildman–Crippen MR) is 87.4 cm³/mol. The number of rotatable bonds is 4. The van der Waals surface area contributed by atoms with Gasteiger partial charge in [0, 0.05) is 17.5 Å². The maximum atomic E-state index is 12.0. The third kappa shape index (κ3) is 4.55. The molecule has 114 valence electrons. The third-order valence-electron chi connectivity index (χ3n) is 3.06. The standard InChI is InChI=1S/C18H15N3O2/c1-13-7-9-16(10-8-13)20-12-15(11-19)18(23)21-17(22)14-5-3-2-4-6-14/h2-10,12,20H,1H3,(H,21,22,23)/b15-12-. The zero-order valence-electron chi connectivity index (χ0n) is 12.5. The van der Waals surface area contributed by atoms with Crippen LogP contribution in [0.25, 0.3) is 0 Å². The van der Waals surface area contributed by atoms with E-state index in [1.807, 2.05) is 31.2 Å². The molecule has 0 spiro atoms. The molecule has 5 heteroatoms. The van der Waals surface area contributed by atoms with E-state index < -0.39 is 11.8 Å². The van der Waals surface area contributed by atoms with Crippen LogP contribution in [-0.4, -0.2) is 11.8 Å². The number of carbonyl (C=O) groups excluding carboxylic acids is 2. The van der Waals surface area contributed by atoms with Crippen molar-refractivity contribution < 1.29 is 9.59 Å². The zero-order chi connectivity index (χ0) is 16.7. The Morgan fingerprint density at radius 2 is 1.70 bits per heavy atom. The fraction of sp³-hybridized carbons (Fsp3) is 0.0556. The Morgan fingerprint density at radius 3 is 2.30 bits per heavy atom. The van der Waals surface area contributed by atoms with Crippen molar-refractivity contribution in [2.24, 2.45) is 0 Å². The third-order valence-corrected chi connectivity index (χ3v) is 3.06. The van der Waals surface area contributed by atoms with Gasteiger partial charge in [-0.2, -0.15) is 5.26 Å². The number of nitrogens with one attached hydrogen (secondary N) is 2. The molecule has 0 aliphatic heterocycles. The summed E-state index contributed by atoms with van der Waals surface area (Å²) in [5.74, 6) is -1.30. The molecule has 0 aliphatic rings. The van der Waals surface area contributed by atoms with Gasteiger partial charge in [0.25, 0.3) is 11.8 Å². The number of nitrogens with zero attached hydrogens (tertiary/aromatic N) is 1. The average Bonchev–Trinajstić information content (AvgIpc) is 2.58. The quantitative estimate of drug-likeness (QED) is 0.672. The molecular weight excluding hydrogens is 290 g/mol. The number of amides is 2. The van der Waals surface area contributed by atoms with Gasteiger partial charge in [0.15, 0.2) is 0 Å². The van der Waals surface area contributed by atoms with Crippen molar-refractivity contribution in [3.8, 4) is 6.07 Å². The number of hydrogen-bond donors (Lipinski definition) is 2. The van der Waals surface area contributed by atoms with Crippen LogP contribution in [-0.2, 0) is 4.79 Å². The van der Waals surface area contributed by atoms with E-state index in [1.54, 1.807) is 36.4 Å². The van der Waals surface area contributed by atoms with Crippen molar-refractivity contribution in [1.29, 1.82) is 5.26 Å². The highest BCUT2D eigenvalue weighted by molar-refractivity contribution is 6.11. The van der Waals surface area contributed by atoms with Crippen molar-refractivity contribution in [3.05, 3.63) is 77.5 Å². The lowest BCUT2D eigenvalue weighted by Gasteiger charge is -2.04. The van der Waals surface area contributed by atoms with E-state index in [-0.39, 0.29) is 5.57 Å². The van der Waals surface area contributed by atoms with E-state index in [1.165, 1.54) is 6.20 Å². The molecule has 2 aromatic rings. The molecule has 0 aliphatic carbocycles. The number of carbonyl (C=O) groups is 2. The second-order valence-electron chi connectivity index (χ2n) is 4.83. The first kappa shape index (κ1) is 16.0. The monoisotopic (exact) mass is 305 g/mol. The SMILES string of the molecule is Cc1ccc(N/C=C(/C#N)C(=O)NC(=O)c2ccccc2)cc1. The van der Waals surface area contributed by atoms with Crippen molar-refractivity contribution in [2.45, 2.75) is 6.92 Å². The van der Waals surface area contributed by atoms with Gasteiger partial charge in [-0.15, -0.1) is 0 Å². The first-order chi connectivity index (χ1) is 11.1. The van der Waals surface area contributed by atoms with E-state index in [0.717, 1.165) is 11.3 Å². The summed E-state index contributed by atoms with van der Waals surface area (Å²) in [6, 6.07) is 17.6. The Balaban J connectivity index is 2.03. The Morgan fingerprint density at radius 1 is 1.04 bits per heavy atom. The van der Waals surface area contributed by atoms with Crippen LogP contribution in [0.4, 0.5) is 5.69 Å². The Kier molecular flexibility index (Phi) is 5.26. The van der Waals surface area contributed by atoms with Crippen molar-refractivity contribution in [3.63, 3.8) is 0 Å². The van der Waals surface area contributed by atoms with Gasteiger partial charge in [-0.1, -0.05) is 35.9 Å². The van der Waals surface area contributed by atoms with E-state index in [2.05, 4.69) is 10.6 Å². The van der Waals surface area contributed by atoms with Crippen LogP contribution in [0.5, 0.6) is 0 Å². The van der Waals surface area contributed by atoms with Gasteiger partial charge < -0.3 is 5.32 Å². The molecule has 0 aromatic heterocycles. The highest BCUT2D eigenvalue weighted by Gasteiger charge is 2.14. The zero-order valence-corrected chi connectivity index (χ0v) is 12.5. The van der Waals surface area contributed by atoms with Crippen LogP contribution in [0, 0.1) is 18.3 Å². The highest BCUT2D eigenvalue weighted by Crippen LogP contribution is 2.09. The summed E-state index contributed by atoms with van der Waals surface area (Å²) in [7, 11) is 0. The summed E-state index contributed by atoms with van der Waals surface area (Å²) in [5, 5.41) is 14.1. The van der Waals surface area contributed by atoms with Gasteiger partial charge in [-0.05, 0) is 31.2 Å². The number of anilines is 1. The van der Waals surface area contributed by atoms with Gasteiger partial charge in [0.05, 0.1) is 0 Å². The van der Waals surface area contributed by atoms with Crippen molar-refractivity contribution >= 4 is 17.5 Å². The molecule has 0 saturated carbocycles. The van der Waals surface area contributed by atoms with Crippen molar-refractivity contribution in [1.82, 2.24) is 5.32 Å². The topological polar surface area (TPSA) is 82.0 Å². The second-order valence-corrected chi connectivity index (χ2v) is 4.83. The molecule has 0 saturated heterocycles. The molecule has 0 bridgehead atoms. The van der Waals surface area contributed by atoms with Gasteiger partial charge in [0.1, 0.15) is 11.6 Å². The molecule has 0 heterocycles. The van der Waals surface area contributed by atoms with Crippen LogP contribution in [0.15, 0.2) is 66.4 Å². The summed E-state index contributed by atoms with van der Waals surface area (Å²) in [4.78, 5) is 23.9. The van der Waals surface area contributed by atoms with Crippen LogP contribution < -0.4 is 10.6 Å². The minimum absolute atomic E-state index is 0.185. The number of benzene rings is 2. The lowest BCUT2D eigenvalue weighted by molar-refractivity contribution is -0.116. The maximum absolute atomic E-state index is 12.0. The molecule has 5 nitrogen and oxygen atoms in total. The molecule has 0 unspecified atom stereocenters. The largest absolute Gasteiger partial charge is 0.360 e. The Hall–Kier alpha value is -3.39. The molecule has 0 radical (unpaired) electrons. The molecule has 2 rings (SSSR count). The molecule has 2 aromatic carbocycles. The number of imide groups is 1. The Bertz CT molecular complexity index is 772. The number of hydrogen-bond acceptors (Lipinski definition) is 4. The van der Waals surface area contributed by atoms with Crippen LogP contribution in [0.2, 0.25) is 0 Å². The highest BCUT2D eigenvalue weighted by atomic mass is 16.2. The van der Waals surface area contributed by atoms with Crippen LogP contribution in [0.1, 0.15) is 15.9 Å². The molecule has 23 heavy (non-hydrogen) atoms. The van der Waals surface area contributed by atoms with E-state index in [0.29, 0.717) is 5.56 Å². The van der Waals surface area contributed by atoms with Gasteiger partial charge in [0.2, 0.25) is 0 Å². The smallest absolute Gasteiger partial charge is 0.270 e. The summed E-state index contributed by atoms with van der Waals surface area (Å²) in [6.07, 6.45) is 1.28. The van der Waals surface area contributed by atoms with Crippen LogP contribution in [0.3, 0.4) is 0 Å². The van der Waals surface area contributed by atoms with Gasteiger partial charge >= 0.3 is 0 Å². The second kappa shape index (κ2) is 7.57. The normalized spacial score (nSPS) is 10.5. The minimum Gasteiger partial charge on any atom is -0.360 e. The minimum atomic E-state index is -0.749. The fourth-order valence-electron chi connectivity index (χ4n) is 1.79. The summed E-state index contributed by atoms with van der Waals surface area (Å²) in [5.41, 5.74) is 2.01. The maximum Gasteiger partial charge on any atom is 0.270 e. The number of aryl methyl sites for hydroxylation is 1. The van der Waals surface area contributed by atoms with E-state index >= 15 is 0 Å². The fourth-order valence-corrected chi connectivity index (χ4v) is 1.79. The predicted octanol–water partition coefficient (Wildman–Crippen LogP) is 2.77. The lowest BCUT2D eigenvalue weighted by Crippen LogP contribution is -2.31. The molecule has 2 amide bonds. The van der Waals surface area contributed by atoms with E-state index in [9.17, 15) is 9.59 Å². The number of nitriles is 1. The molecule has 0 fully saturated rings. The summed E-state index contributed by atoms with van der Waals surface area (Å²) < 4.78 is 0.